The fourth-order valence-corrected chi connectivity index (χ4v) is 2.53. The molecule has 0 aromatic carbocycles. The normalized spacial score (nSPS) is 17.8. The van der Waals surface area contributed by atoms with Crippen molar-refractivity contribution in [3.05, 3.63) is 36.5 Å². The molecule has 0 bridgehead atoms. The Labute approximate surface area is 122 Å². The number of amides is 1. The van der Waals surface area contributed by atoms with Gasteiger partial charge in [0, 0.05) is 25.9 Å². The molecular weight excluding hydrogens is 268 g/mol. The number of nitrogens with one attached hydrogen (secondary N) is 1. The summed E-state index contributed by atoms with van der Waals surface area (Å²) in [6, 6.07) is 1.75. The molecule has 3 heterocycles. The number of hydrogen-bond acceptors (Lipinski definition) is 6. The molecule has 3 rings (SSSR count). The van der Waals surface area contributed by atoms with E-state index < -0.39 is 0 Å². The van der Waals surface area contributed by atoms with Gasteiger partial charge in [-0.3, -0.25) is 9.78 Å². The summed E-state index contributed by atoms with van der Waals surface area (Å²) in [5, 5.41) is 3.01. The Morgan fingerprint density at radius 3 is 2.90 bits per heavy atom. The zero-order valence-electron chi connectivity index (χ0n) is 11.7. The summed E-state index contributed by atoms with van der Waals surface area (Å²) in [5.41, 5.74) is 0.795. The quantitative estimate of drug-likeness (QED) is 0.923. The molecule has 7 heteroatoms. The van der Waals surface area contributed by atoms with Crippen molar-refractivity contribution in [2.45, 2.75) is 25.8 Å². The van der Waals surface area contributed by atoms with Gasteiger partial charge in [-0.25, -0.2) is 15.0 Å². The fraction of sp³-hybridized carbons (Fsp3) is 0.357. The fourth-order valence-electron chi connectivity index (χ4n) is 2.53. The van der Waals surface area contributed by atoms with E-state index in [2.05, 4.69) is 25.3 Å². The predicted octanol–water partition coefficient (Wildman–Crippen LogP) is 1.69. The van der Waals surface area contributed by atoms with E-state index in [4.69, 9.17) is 0 Å². The van der Waals surface area contributed by atoms with Gasteiger partial charge in [-0.1, -0.05) is 0 Å². The van der Waals surface area contributed by atoms with Gasteiger partial charge in [0.25, 0.3) is 0 Å². The van der Waals surface area contributed by atoms with E-state index in [1.165, 1.54) is 0 Å². The first-order valence-electron chi connectivity index (χ1n) is 6.87. The Hall–Kier alpha value is -2.57. The van der Waals surface area contributed by atoms with E-state index in [9.17, 15) is 4.79 Å². The molecule has 0 aliphatic carbocycles. The molecule has 0 unspecified atom stereocenters. The van der Waals surface area contributed by atoms with Gasteiger partial charge in [-0.05, 0) is 18.9 Å². The average Bonchev–Trinajstić information content (AvgIpc) is 2.98. The SMILES string of the molecule is CC(=O)N1CCC[C@H]1c1cncc(Nc2ncccn2)n1. The highest BCUT2D eigenvalue weighted by Crippen LogP contribution is 2.30. The second kappa shape index (κ2) is 5.82. The molecular formula is C14H16N6O. The smallest absolute Gasteiger partial charge is 0.228 e. The topological polar surface area (TPSA) is 83.9 Å². The molecule has 1 aliphatic heterocycles. The zero-order chi connectivity index (χ0) is 14.7. The molecule has 0 spiro atoms. The van der Waals surface area contributed by atoms with Crippen molar-refractivity contribution in [1.82, 2.24) is 24.8 Å². The van der Waals surface area contributed by atoms with E-state index in [-0.39, 0.29) is 11.9 Å². The van der Waals surface area contributed by atoms with Crippen LogP contribution < -0.4 is 5.32 Å². The lowest BCUT2D eigenvalue weighted by molar-refractivity contribution is -0.129. The molecule has 1 amide bonds. The zero-order valence-corrected chi connectivity index (χ0v) is 11.7. The number of carbonyl (C=O) groups excluding carboxylic acids is 1. The monoisotopic (exact) mass is 284 g/mol. The van der Waals surface area contributed by atoms with Gasteiger partial charge < -0.3 is 10.2 Å². The molecule has 1 N–H and O–H groups in total. The summed E-state index contributed by atoms with van der Waals surface area (Å²) >= 11 is 0. The summed E-state index contributed by atoms with van der Waals surface area (Å²) < 4.78 is 0. The maximum absolute atomic E-state index is 11.6. The van der Waals surface area contributed by atoms with Crippen molar-refractivity contribution in [3.63, 3.8) is 0 Å². The Morgan fingerprint density at radius 2 is 2.14 bits per heavy atom. The number of carbonyl (C=O) groups is 1. The van der Waals surface area contributed by atoms with Crippen LogP contribution in [0.5, 0.6) is 0 Å². The molecule has 1 atom stereocenters. The summed E-state index contributed by atoms with van der Waals surface area (Å²) in [4.78, 5) is 30.4. The Bertz CT molecular complexity index is 632. The van der Waals surface area contributed by atoms with Gasteiger partial charge in [0.1, 0.15) is 0 Å². The van der Waals surface area contributed by atoms with Gasteiger partial charge in [-0.2, -0.15) is 0 Å². The molecule has 2 aromatic rings. The van der Waals surface area contributed by atoms with Crippen molar-refractivity contribution in [3.8, 4) is 0 Å². The number of aromatic nitrogens is 4. The van der Waals surface area contributed by atoms with Crippen molar-refractivity contribution >= 4 is 17.7 Å². The minimum Gasteiger partial charge on any atom is -0.334 e. The van der Waals surface area contributed by atoms with Crippen LogP contribution in [0.3, 0.4) is 0 Å². The molecule has 0 radical (unpaired) electrons. The molecule has 1 aliphatic rings. The first kappa shape index (κ1) is 13.4. The summed E-state index contributed by atoms with van der Waals surface area (Å²) in [7, 11) is 0. The van der Waals surface area contributed by atoms with Crippen LogP contribution in [0.2, 0.25) is 0 Å². The van der Waals surface area contributed by atoms with Crippen LogP contribution in [0.4, 0.5) is 11.8 Å². The molecule has 108 valence electrons. The predicted molar refractivity (Wildman–Crippen MR) is 76.7 cm³/mol. The van der Waals surface area contributed by atoms with Gasteiger partial charge in [0.15, 0.2) is 5.82 Å². The lowest BCUT2D eigenvalue weighted by Crippen LogP contribution is -2.28. The average molecular weight is 284 g/mol. The van der Waals surface area contributed by atoms with Crippen LogP contribution in [0.25, 0.3) is 0 Å². The van der Waals surface area contributed by atoms with Gasteiger partial charge in [0.05, 0.1) is 24.1 Å². The molecule has 0 saturated carbocycles. The van der Waals surface area contributed by atoms with Gasteiger partial charge in [-0.15, -0.1) is 0 Å². The third-order valence-corrected chi connectivity index (χ3v) is 3.46. The highest BCUT2D eigenvalue weighted by atomic mass is 16.2. The van der Waals surface area contributed by atoms with Crippen LogP contribution in [-0.4, -0.2) is 37.3 Å². The largest absolute Gasteiger partial charge is 0.334 e. The van der Waals surface area contributed by atoms with Gasteiger partial charge in [0.2, 0.25) is 11.9 Å². The molecule has 1 saturated heterocycles. The number of rotatable bonds is 3. The first-order chi connectivity index (χ1) is 10.2. The van der Waals surface area contributed by atoms with E-state index in [1.807, 2.05) is 4.90 Å². The summed E-state index contributed by atoms with van der Waals surface area (Å²) in [5.74, 6) is 1.12. The standard InChI is InChI=1S/C14H16N6O/c1-10(21)20-7-2-4-12(20)11-8-15-9-13(18-11)19-14-16-5-3-6-17-14/h3,5-6,8-9,12H,2,4,7H2,1H3,(H,16,17,18,19)/t12-/m0/s1. The van der Waals surface area contributed by atoms with E-state index in [0.717, 1.165) is 25.1 Å². The summed E-state index contributed by atoms with van der Waals surface area (Å²) in [6.45, 7) is 2.37. The van der Waals surface area contributed by atoms with Crippen LogP contribution in [0.15, 0.2) is 30.9 Å². The lowest BCUT2D eigenvalue weighted by atomic mass is 10.1. The lowest BCUT2D eigenvalue weighted by Gasteiger charge is -2.22. The highest BCUT2D eigenvalue weighted by Gasteiger charge is 2.29. The number of nitrogens with zero attached hydrogens (tertiary/aromatic N) is 5. The van der Waals surface area contributed by atoms with E-state index in [1.54, 1.807) is 37.8 Å². The van der Waals surface area contributed by atoms with Crippen molar-refractivity contribution in [2.75, 3.05) is 11.9 Å². The maximum Gasteiger partial charge on any atom is 0.228 e. The van der Waals surface area contributed by atoms with Crippen molar-refractivity contribution in [1.29, 1.82) is 0 Å². The first-order valence-corrected chi connectivity index (χ1v) is 6.87. The third-order valence-electron chi connectivity index (χ3n) is 3.46. The van der Waals surface area contributed by atoms with Crippen molar-refractivity contribution < 1.29 is 4.79 Å². The summed E-state index contributed by atoms with van der Waals surface area (Å²) in [6.07, 6.45) is 8.54. The molecule has 1 fully saturated rings. The molecule has 2 aromatic heterocycles. The maximum atomic E-state index is 11.6. The van der Waals surface area contributed by atoms with Crippen LogP contribution in [0, 0.1) is 0 Å². The Balaban J connectivity index is 1.81. The minimum atomic E-state index is 0.00782. The Kier molecular flexibility index (Phi) is 3.72. The van der Waals surface area contributed by atoms with E-state index in [0.29, 0.717) is 11.8 Å². The number of hydrogen-bond donors (Lipinski definition) is 1. The molecule has 21 heavy (non-hydrogen) atoms. The highest BCUT2D eigenvalue weighted by molar-refractivity contribution is 5.74. The third kappa shape index (κ3) is 2.96. The number of anilines is 2. The van der Waals surface area contributed by atoms with E-state index >= 15 is 0 Å². The second-order valence-electron chi connectivity index (χ2n) is 4.90. The molecule has 7 nitrogen and oxygen atoms in total. The Morgan fingerprint density at radius 1 is 1.33 bits per heavy atom. The van der Waals surface area contributed by atoms with Crippen molar-refractivity contribution in [2.24, 2.45) is 0 Å². The van der Waals surface area contributed by atoms with Gasteiger partial charge >= 0.3 is 0 Å². The van der Waals surface area contributed by atoms with Crippen LogP contribution in [-0.2, 0) is 4.79 Å². The van der Waals surface area contributed by atoms with Crippen LogP contribution in [0.1, 0.15) is 31.5 Å². The minimum absolute atomic E-state index is 0.00782. The number of likely N-dealkylation sites (tertiary alicyclic amines) is 1. The van der Waals surface area contributed by atoms with Crippen LogP contribution >= 0.6 is 0 Å². The second-order valence-corrected chi connectivity index (χ2v) is 4.90.